The molecule has 1 saturated heterocycles. The van der Waals surface area contributed by atoms with Gasteiger partial charge in [0.2, 0.25) is 0 Å². The van der Waals surface area contributed by atoms with E-state index in [9.17, 15) is 9.18 Å². The van der Waals surface area contributed by atoms with Crippen LogP contribution in [-0.4, -0.2) is 5.97 Å². The predicted molar refractivity (Wildman–Crippen MR) is 67.5 cm³/mol. The van der Waals surface area contributed by atoms with Crippen molar-refractivity contribution in [1.29, 1.82) is 0 Å². The molecule has 2 atom stereocenters. The number of unbranched alkanes of at least 4 members (excludes halogenated alkanes) is 1. The van der Waals surface area contributed by atoms with Crippen LogP contribution in [0.2, 0.25) is 0 Å². The third-order valence-corrected chi connectivity index (χ3v) is 3.52. The van der Waals surface area contributed by atoms with Crippen molar-refractivity contribution in [1.82, 2.24) is 0 Å². The van der Waals surface area contributed by atoms with Gasteiger partial charge >= 0.3 is 5.97 Å². The van der Waals surface area contributed by atoms with Gasteiger partial charge in [-0.05, 0) is 37.0 Å². The molecule has 98 valence electrons. The lowest BCUT2D eigenvalue weighted by atomic mass is 9.90. The number of halogens is 1. The summed E-state index contributed by atoms with van der Waals surface area (Å²) >= 11 is 0. The number of carbonyl (C=O) groups excluding carboxylic acids is 1. The van der Waals surface area contributed by atoms with Crippen LogP contribution in [-0.2, 0) is 9.53 Å². The van der Waals surface area contributed by atoms with Crippen molar-refractivity contribution >= 4 is 5.97 Å². The second kappa shape index (κ2) is 5.98. The van der Waals surface area contributed by atoms with Gasteiger partial charge in [0.1, 0.15) is 11.9 Å². The van der Waals surface area contributed by atoms with Crippen molar-refractivity contribution < 1.29 is 13.9 Å². The average molecular weight is 250 g/mol. The fourth-order valence-corrected chi connectivity index (χ4v) is 2.39. The first-order chi connectivity index (χ1) is 8.70. The molecule has 2 rings (SSSR count). The van der Waals surface area contributed by atoms with Crippen LogP contribution in [0, 0.1) is 11.7 Å². The molecule has 1 aliphatic heterocycles. The van der Waals surface area contributed by atoms with Gasteiger partial charge in [-0.15, -0.1) is 0 Å². The second-order valence-corrected chi connectivity index (χ2v) is 4.89. The Bertz CT molecular complexity index is 399. The van der Waals surface area contributed by atoms with Crippen LogP contribution in [0.1, 0.15) is 50.7 Å². The Hall–Kier alpha value is -1.38. The van der Waals surface area contributed by atoms with Crippen LogP contribution >= 0.6 is 0 Å². The van der Waals surface area contributed by atoms with Crippen molar-refractivity contribution in [2.45, 2.75) is 45.1 Å². The van der Waals surface area contributed by atoms with E-state index in [0.717, 1.165) is 37.7 Å². The number of hydrogen-bond acceptors (Lipinski definition) is 2. The molecular weight excluding hydrogens is 231 g/mol. The van der Waals surface area contributed by atoms with Crippen LogP contribution in [0.25, 0.3) is 0 Å². The molecule has 0 bridgehead atoms. The molecule has 1 heterocycles. The van der Waals surface area contributed by atoms with Crippen molar-refractivity contribution in [3.63, 3.8) is 0 Å². The van der Waals surface area contributed by atoms with E-state index in [4.69, 9.17) is 4.74 Å². The molecule has 3 heteroatoms. The molecule has 0 saturated carbocycles. The highest BCUT2D eigenvalue weighted by Crippen LogP contribution is 2.33. The summed E-state index contributed by atoms with van der Waals surface area (Å²) in [7, 11) is 0. The van der Waals surface area contributed by atoms with Gasteiger partial charge in [0, 0.05) is 0 Å². The van der Waals surface area contributed by atoms with Crippen molar-refractivity contribution in [3.8, 4) is 0 Å². The van der Waals surface area contributed by atoms with Gasteiger partial charge in [-0.3, -0.25) is 4.79 Å². The summed E-state index contributed by atoms with van der Waals surface area (Å²) in [6, 6.07) is 6.21. The summed E-state index contributed by atoms with van der Waals surface area (Å²) in [6.07, 6.45) is 4.61. The fraction of sp³-hybridized carbons (Fsp3) is 0.533. The van der Waals surface area contributed by atoms with E-state index >= 15 is 0 Å². The minimum Gasteiger partial charge on any atom is -0.457 e. The number of rotatable bonds is 4. The van der Waals surface area contributed by atoms with E-state index in [1.54, 1.807) is 12.1 Å². The maximum absolute atomic E-state index is 12.8. The molecule has 2 unspecified atom stereocenters. The molecule has 1 aliphatic rings. The van der Waals surface area contributed by atoms with E-state index in [1.807, 2.05) is 0 Å². The van der Waals surface area contributed by atoms with Crippen LogP contribution in [0.3, 0.4) is 0 Å². The highest BCUT2D eigenvalue weighted by molar-refractivity contribution is 5.73. The maximum Gasteiger partial charge on any atom is 0.309 e. The number of ether oxygens (including phenoxy) is 1. The van der Waals surface area contributed by atoms with E-state index in [-0.39, 0.29) is 23.8 Å². The Morgan fingerprint density at radius 1 is 1.28 bits per heavy atom. The predicted octanol–water partition coefficient (Wildman–Crippen LogP) is 4.01. The Morgan fingerprint density at radius 2 is 2.00 bits per heavy atom. The zero-order valence-electron chi connectivity index (χ0n) is 10.7. The molecule has 1 aromatic rings. The topological polar surface area (TPSA) is 26.3 Å². The lowest BCUT2D eigenvalue weighted by Crippen LogP contribution is -2.26. The summed E-state index contributed by atoms with van der Waals surface area (Å²) in [4.78, 5) is 11.9. The molecule has 0 N–H and O–H groups in total. The lowest BCUT2D eigenvalue weighted by molar-refractivity contribution is -0.161. The molecule has 0 radical (unpaired) electrons. The lowest BCUT2D eigenvalue weighted by Gasteiger charge is -2.28. The van der Waals surface area contributed by atoms with E-state index < -0.39 is 0 Å². The summed E-state index contributed by atoms with van der Waals surface area (Å²) in [6.45, 7) is 2.12. The largest absolute Gasteiger partial charge is 0.457 e. The van der Waals surface area contributed by atoms with Crippen LogP contribution in [0.15, 0.2) is 24.3 Å². The van der Waals surface area contributed by atoms with Crippen LogP contribution in [0.5, 0.6) is 0 Å². The van der Waals surface area contributed by atoms with E-state index in [1.165, 1.54) is 12.1 Å². The third-order valence-electron chi connectivity index (χ3n) is 3.52. The summed E-state index contributed by atoms with van der Waals surface area (Å²) in [5.41, 5.74) is 0.888. The van der Waals surface area contributed by atoms with Crippen LogP contribution in [0.4, 0.5) is 4.39 Å². The fourth-order valence-electron chi connectivity index (χ4n) is 2.39. The molecule has 18 heavy (non-hydrogen) atoms. The standard InChI is InChI=1S/C15H19FO2/c1-2-3-4-12-7-10-14(18-15(12)17)11-5-8-13(16)9-6-11/h5-6,8-9,12,14H,2-4,7,10H2,1H3. The van der Waals surface area contributed by atoms with E-state index in [0.29, 0.717) is 0 Å². The quantitative estimate of drug-likeness (QED) is 0.755. The summed E-state index contributed by atoms with van der Waals surface area (Å²) < 4.78 is 18.3. The van der Waals surface area contributed by atoms with Gasteiger partial charge in [0.25, 0.3) is 0 Å². The Kier molecular flexibility index (Phi) is 4.34. The first kappa shape index (κ1) is 13.1. The minimum atomic E-state index is -0.262. The second-order valence-electron chi connectivity index (χ2n) is 4.89. The molecule has 0 spiro atoms. The highest BCUT2D eigenvalue weighted by Gasteiger charge is 2.30. The molecule has 0 aromatic heterocycles. The molecule has 1 aromatic carbocycles. The Balaban J connectivity index is 1.95. The normalized spacial score (nSPS) is 23.8. The zero-order chi connectivity index (χ0) is 13.0. The number of hydrogen-bond donors (Lipinski definition) is 0. The van der Waals surface area contributed by atoms with Gasteiger partial charge in [-0.2, -0.15) is 0 Å². The summed E-state index contributed by atoms with van der Waals surface area (Å²) in [5, 5.41) is 0. The molecule has 0 amide bonds. The van der Waals surface area contributed by atoms with Gasteiger partial charge < -0.3 is 4.74 Å². The first-order valence-corrected chi connectivity index (χ1v) is 6.66. The van der Waals surface area contributed by atoms with Crippen LogP contribution < -0.4 is 0 Å². The molecule has 0 aliphatic carbocycles. The van der Waals surface area contributed by atoms with Crippen molar-refractivity contribution in [3.05, 3.63) is 35.6 Å². The first-order valence-electron chi connectivity index (χ1n) is 6.66. The van der Waals surface area contributed by atoms with E-state index in [2.05, 4.69) is 6.92 Å². The van der Waals surface area contributed by atoms with Crippen molar-refractivity contribution in [2.24, 2.45) is 5.92 Å². The number of cyclic esters (lactones) is 1. The number of carbonyl (C=O) groups is 1. The average Bonchev–Trinajstić information content (AvgIpc) is 2.38. The van der Waals surface area contributed by atoms with Gasteiger partial charge in [0.05, 0.1) is 5.92 Å². The van der Waals surface area contributed by atoms with Gasteiger partial charge in [0.15, 0.2) is 0 Å². The highest BCUT2D eigenvalue weighted by atomic mass is 19.1. The van der Waals surface area contributed by atoms with Gasteiger partial charge in [-0.1, -0.05) is 31.9 Å². The van der Waals surface area contributed by atoms with Crippen molar-refractivity contribution in [2.75, 3.05) is 0 Å². The van der Waals surface area contributed by atoms with Gasteiger partial charge in [-0.25, -0.2) is 4.39 Å². The molecule has 1 fully saturated rings. The molecule has 2 nitrogen and oxygen atoms in total. The Labute approximate surface area is 107 Å². The minimum absolute atomic E-state index is 0.0571. The Morgan fingerprint density at radius 3 is 2.61 bits per heavy atom. The number of esters is 1. The SMILES string of the molecule is CCCCC1CCC(c2ccc(F)cc2)OC1=O. The zero-order valence-corrected chi connectivity index (χ0v) is 10.7. The maximum atomic E-state index is 12.8. The smallest absolute Gasteiger partial charge is 0.309 e. The third kappa shape index (κ3) is 3.09. The summed E-state index contributed by atoms with van der Waals surface area (Å²) in [5.74, 6) is -0.299. The number of benzene rings is 1. The molecular formula is C15H19FO2. The monoisotopic (exact) mass is 250 g/mol.